The first-order valence-electron chi connectivity index (χ1n) is 14.2. The normalized spacial score (nSPS) is 11.5. The van der Waals surface area contributed by atoms with Gasteiger partial charge in [-0.3, -0.25) is 14.4 Å². The monoisotopic (exact) mass is 641 g/mol. The Morgan fingerprint density at radius 1 is 0.717 bits per heavy atom. The van der Waals surface area contributed by atoms with Crippen LogP contribution in [0.25, 0.3) is 6.08 Å². The molecule has 0 radical (unpaired) electrons. The zero-order chi connectivity index (χ0) is 33.1. The number of hydrogen-bond donors (Lipinski definition) is 3. The van der Waals surface area contributed by atoms with E-state index in [4.69, 9.17) is 18.9 Å². The molecule has 0 aliphatic heterocycles. The van der Waals surface area contributed by atoms with Crippen molar-refractivity contribution < 1.29 is 33.3 Å². The topological polar surface area (TPSA) is 124 Å². The number of hydrogen-bond acceptors (Lipinski definition) is 8. The Balaban J connectivity index is 1.50. The Hall–Kier alpha value is -5.42. The van der Waals surface area contributed by atoms with Gasteiger partial charge in [0.15, 0.2) is 11.5 Å². The number of benzene rings is 4. The van der Waals surface area contributed by atoms with Crippen LogP contribution in [0.5, 0.6) is 23.0 Å². The third kappa shape index (κ3) is 8.82. The summed E-state index contributed by atoms with van der Waals surface area (Å²) in [6, 6.07) is 26.1. The van der Waals surface area contributed by atoms with Crippen molar-refractivity contribution >= 4 is 46.9 Å². The average Bonchev–Trinajstić information content (AvgIpc) is 3.08. The van der Waals surface area contributed by atoms with Gasteiger partial charge in [-0.1, -0.05) is 18.2 Å². The summed E-state index contributed by atoms with van der Waals surface area (Å²) in [5, 5.41) is 8.07. The van der Waals surface area contributed by atoms with Gasteiger partial charge in [0.25, 0.3) is 11.8 Å². The second-order valence-corrected chi connectivity index (χ2v) is 11.2. The second-order valence-electron chi connectivity index (χ2n) is 9.79. The lowest BCUT2D eigenvalue weighted by Gasteiger charge is -2.15. The fourth-order valence-corrected chi connectivity index (χ4v) is 5.15. The largest absolute Gasteiger partial charge is 0.497 e. The molecule has 0 fully saturated rings. The first-order valence-corrected chi connectivity index (χ1v) is 15.0. The van der Waals surface area contributed by atoms with E-state index < -0.39 is 11.8 Å². The highest BCUT2D eigenvalue weighted by Crippen LogP contribution is 2.38. The van der Waals surface area contributed by atoms with Gasteiger partial charge in [0, 0.05) is 21.8 Å². The number of ether oxygens (including phenoxy) is 4. The summed E-state index contributed by atoms with van der Waals surface area (Å²) < 4.78 is 21.4. The van der Waals surface area contributed by atoms with Gasteiger partial charge in [0.05, 0.1) is 33.7 Å². The number of anilines is 2. The first kappa shape index (κ1) is 33.5. The van der Waals surface area contributed by atoms with Gasteiger partial charge in [-0.15, -0.1) is 11.8 Å². The number of thioether (sulfide) groups is 1. The summed E-state index contributed by atoms with van der Waals surface area (Å²) in [6.45, 7) is 1.81. The molecule has 3 amide bonds. The molecule has 4 aromatic rings. The lowest BCUT2D eigenvalue weighted by atomic mass is 10.1. The molecule has 10 nitrogen and oxygen atoms in total. The van der Waals surface area contributed by atoms with Crippen molar-refractivity contribution in [2.45, 2.75) is 17.1 Å². The van der Waals surface area contributed by atoms with E-state index in [0.717, 1.165) is 4.90 Å². The van der Waals surface area contributed by atoms with Crippen molar-refractivity contribution in [3.05, 3.63) is 108 Å². The number of carbonyl (C=O) groups excluding carboxylic acids is 3. The molecule has 1 unspecified atom stereocenters. The van der Waals surface area contributed by atoms with Crippen LogP contribution in [0.3, 0.4) is 0 Å². The van der Waals surface area contributed by atoms with Gasteiger partial charge in [-0.05, 0) is 91.4 Å². The van der Waals surface area contributed by atoms with Gasteiger partial charge >= 0.3 is 0 Å². The quantitative estimate of drug-likeness (QED) is 0.116. The maximum Gasteiger partial charge on any atom is 0.272 e. The molecular weight excluding hydrogens is 606 g/mol. The fourth-order valence-electron chi connectivity index (χ4n) is 4.28. The van der Waals surface area contributed by atoms with Crippen LogP contribution in [0.2, 0.25) is 0 Å². The van der Waals surface area contributed by atoms with E-state index in [2.05, 4.69) is 16.0 Å². The predicted octanol–water partition coefficient (Wildman–Crippen LogP) is 6.25. The molecule has 1 atom stereocenters. The molecule has 0 aliphatic carbocycles. The van der Waals surface area contributed by atoms with E-state index in [1.54, 1.807) is 86.0 Å². The molecule has 46 heavy (non-hydrogen) atoms. The summed E-state index contributed by atoms with van der Waals surface area (Å²) in [4.78, 5) is 40.2. The third-order valence-corrected chi connectivity index (χ3v) is 7.79. The van der Waals surface area contributed by atoms with Gasteiger partial charge in [0.1, 0.15) is 11.4 Å². The number of nitrogens with one attached hydrogen (secondary N) is 3. The summed E-state index contributed by atoms with van der Waals surface area (Å²) in [7, 11) is 6.06. The van der Waals surface area contributed by atoms with Crippen LogP contribution in [-0.4, -0.2) is 51.4 Å². The summed E-state index contributed by atoms with van der Waals surface area (Å²) in [5.74, 6) is 0.725. The Morgan fingerprint density at radius 3 is 1.87 bits per heavy atom. The first-order chi connectivity index (χ1) is 22.2. The van der Waals surface area contributed by atoms with Crippen LogP contribution < -0.4 is 34.9 Å². The summed E-state index contributed by atoms with van der Waals surface area (Å²) in [6.07, 6.45) is 1.52. The molecule has 3 N–H and O–H groups in total. The minimum Gasteiger partial charge on any atom is -0.497 e. The van der Waals surface area contributed by atoms with Crippen LogP contribution >= 0.6 is 11.8 Å². The SMILES string of the molecule is COc1ccc(NC(=O)C(C)Sc2ccc(NC(=O)/C(=C/c3cc(OC)c(OC)c(OC)c3)NC(=O)c3ccccc3)cc2)cc1. The Kier molecular flexibility index (Phi) is 11.7. The van der Waals surface area contributed by atoms with Crippen molar-refractivity contribution in [2.75, 3.05) is 39.1 Å². The highest BCUT2D eigenvalue weighted by Gasteiger charge is 2.19. The Morgan fingerprint density at radius 2 is 1.30 bits per heavy atom. The van der Waals surface area contributed by atoms with Gasteiger partial charge in [0.2, 0.25) is 11.7 Å². The van der Waals surface area contributed by atoms with Crippen LogP contribution in [-0.2, 0) is 9.59 Å². The molecule has 0 spiro atoms. The molecule has 0 bridgehead atoms. The smallest absolute Gasteiger partial charge is 0.272 e. The number of methoxy groups -OCH3 is 4. The van der Waals surface area contributed by atoms with Crippen LogP contribution in [0.4, 0.5) is 11.4 Å². The van der Waals surface area contributed by atoms with Gasteiger partial charge < -0.3 is 34.9 Å². The molecule has 238 valence electrons. The number of rotatable bonds is 13. The van der Waals surface area contributed by atoms with Crippen molar-refractivity contribution in [2.24, 2.45) is 0 Å². The lowest BCUT2D eigenvalue weighted by molar-refractivity contribution is -0.115. The minimum absolute atomic E-state index is 0.00889. The Labute approximate surface area is 272 Å². The minimum atomic E-state index is -0.550. The van der Waals surface area contributed by atoms with E-state index in [0.29, 0.717) is 45.5 Å². The van der Waals surface area contributed by atoms with E-state index in [1.807, 2.05) is 19.1 Å². The molecule has 11 heteroatoms. The number of carbonyl (C=O) groups is 3. The molecule has 0 saturated carbocycles. The van der Waals surface area contributed by atoms with Crippen LogP contribution in [0.1, 0.15) is 22.8 Å². The number of amides is 3. The van der Waals surface area contributed by atoms with E-state index in [-0.39, 0.29) is 16.9 Å². The van der Waals surface area contributed by atoms with Crippen molar-refractivity contribution in [3.8, 4) is 23.0 Å². The average molecular weight is 642 g/mol. The lowest BCUT2D eigenvalue weighted by Crippen LogP contribution is -2.30. The standard InChI is InChI=1S/C35H35N3O7S/c1-22(33(39)36-25-11-15-27(42-2)16-12-25)46-28-17-13-26(14-18-28)37-35(41)29(38-34(40)24-9-7-6-8-10-24)19-23-20-30(43-3)32(45-5)31(21-23)44-4/h6-22H,1-5H3,(H,36,39)(H,37,41)(H,38,40)/b29-19-. The van der Waals surface area contributed by atoms with E-state index in [9.17, 15) is 14.4 Å². The van der Waals surface area contributed by atoms with Crippen molar-refractivity contribution in [3.63, 3.8) is 0 Å². The predicted molar refractivity (Wildman–Crippen MR) is 180 cm³/mol. The van der Waals surface area contributed by atoms with E-state index >= 15 is 0 Å². The van der Waals surface area contributed by atoms with Gasteiger partial charge in [-0.25, -0.2) is 0 Å². The molecule has 0 aliphatic rings. The summed E-state index contributed by atoms with van der Waals surface area (Å²) in [5.41, 5.74) is 2.07. The highest BCUT2D eigenvalue weighted by atomic mass is 32.2. The van der Waals surface area contributed by atoms with Crippen molar-refractivity contribution in [1.29, 1.82) is 0 Å². The molecule has 4 rings (SSSR count). The maximum absolute atomic E-state index is 13.5. The molecule has 0 heterocycles. The zero-order valence-corrected chi connectivity index (χ0v) is 26.9. The van der Waals surface area contributed by atoms with Crippen molar-refractivity contribution in [1.82, 2.24) is 5.32 Å². The van der Waals surface area contributed by atoms with Crippen LogP contribution in [0.15, 0.2) is 102 Å². The molecule has 4 aromatic carbocycles. The fraction of sp³-hybridized carbons (Fsp3) is 0.171. The van der Waals surface area contributed by atoms with E-state index in [1.165, 1.54) is 39.2 Å². The molecule has 0 aromatic heterocycles. The Bertz CT molecular complexity index is 1670. The molecular formula is C35H35N3O7S. The summed E-state index contributed by atoms with van der Waals surface area (Å²) >= 11 is 1.38. The maximum atomic E-state index is 13.5. The molecule has 0 saturated heterocycles. The second kappa shape index (κ2) is 16.1. The van der Waals surface area contributed by atoms with Gasteiger partial charge in [-0.2, -0.15) is 0 Å². The van der Waals surface area contributed by atoms with Crippen LogP contribution in [0, 0.1) is 0 Å². The zero-order valence-electron chi connectivity index (χ0n) is 26.1. The highest BCUT2D eigenvalue weighted by molar-refractivity contribution is 8.00. The third-order valence-electron chi connectivity index (χ3n) is 6.68.